The van der Waals surface area contributed by atoms with Gasteiger partial charge in [0.05, 0.1) is 10.2 Å². The number of carbonyl (C=O) groups excluding carboxylic acids is 1. The van der Waals surface area contributed by atoms with Crippen LogP contribution >= 0.6 is 15.9 Å². The second-order valence-corrected chi connectivity index (χ2v) is 5.80. The minimum absolute atomic E-state index is 0.00276. The number of nitrogens with zero attached hydrogens (tertiary/aromatic N) is 2. The number of carbonyl (C=O) groups is 1. The molecule has 106 valence electrons. The van der Waals surface area contributed by atoms with Crippen LogP contribution in [-0.2, 0) is 11.3 Å². The summed E-state index contributed by atoms with van der Waals surface area (Å²) in [6.07, 6.45) is 2.29. The zero-order valence-electron chi connectivity index (χ0n) is 11.9. The van der Waals surface area contributed by atoms with Gasteiger partial charge >= 0.3 is 0 Å². The molecule has 2 aromatic rings. The molecule has 0 atom stereocenters. The Labute approximate surface area is 127 Å². The van der Waals surface area contributed by atoms with Crippen molar-refractivity contribution in [3.05, 3.63) is 45.7 Å². The Morgan fingerprint density at radius 2 is 2.10 bits per heavy atom. The molecular weight excluding hydrogens is 318 g/mol. The molecule has 1 heterocycles. The second kappa shape index (κ2) is 6.22. The molecule has 0 spiro atoms. The predicted molar refractivity (Wildman–Crippen MR) is 83.8 cm³/mol. The molecule has 1 aromatic heterocycles. The molecule has 0 bridgehead atoms. The van der Waals surface area contributed by atoms with Crippen molar-refractivity contribution in [2.45, 2.75) is 33.7 Å². The van der Waals surface area contributed by atoms with Crippen molar-refractivity contribution in [3.63, 3.8) is 0 Å². The molecule has 4 nitrogen and oxygen atoms in total. The third-order valence-electron chi connectivity index (χ3n) is 3.12. The van der Waals surface area contributed by atoms with Gasteiger partial charge in [-0.2, -0.15) is 5.10 Å². The molecule has 0 saturated carbocycles. The molecule has 5 heteroatoms. The van der Waals surface area contributed by atoms with Crippen molar-refractivity contribution in [1.29, 1.82) is 0 Å². The normalized spacial score (nSPS) is 10.6. The van der Waals surface area contributed by atoms with E-state index in [0.717, 1.165) is 27.0 Å². The van der Waals surface area contributed by atoms with Gasteiger partial charge in [-0.05, 0) is 53.9 Å². The summed E-state index contributed by atoms with van der Waals surface area (Å²) >= 11 is 3.41. The standard InChI is InChI=1S/C15H18BrN3O/c1-10-4-5-11(2)14(8-10)17-15(20)6-7-19-9-13(16)12(3)18-19/h4-5,8-9H,6-7H2,1-3H3,(H,17,20). The number of halogens is 1. The molecule has 20 heavy (non-hydrogen) atoms. The number of aryl methyl sites for hydroxylation is 4. The number of rotatable bonds is 4. The maximum Gasteiger partial charge on any atom is 0.226 e. The number of hydrogen-bond donors (Lipinski definition) is 1. The zero-order chi connectivity index (χ0) is 14.7. The van der Waals surface area contributed by atoms with E-state index in [0.29, 0.717) is 13.0 Å². The molecule has 0 unspecified atom stereocenters. The van der Waals surface area contributed by atoms with Gasteiger partial charge in [0.15, 0.2) is 0 Å². The largest absolute Gasteiger partial charge is 0.326 e. The van der Waals surface area contributed by atoms with Gasteiger partial charge < -0.3 is 5.32 Å². The fraction of sp³-hybridized carbons (Fsp3) is 0.333. The lowest BCUT2D eigenvalue weighted by Crippen LogP contribution is -2.15. The van der Waals surface area contributed by atoms with Crippen LogP contribution in [0.25, 0.3) is 0 Å². The molecule has 0 fully saturated rings. The van der Waals surface area contributed by atoms with Gasteiger partial charge in [0.2, 0.25) is 5.91 Å². The molecular formula is C15H18BrN3O. The van der Waals surface area contributed by atoms with Gasteiger partial charge in [0.25, 0.3) is 0 Å². The van der Waals surface area contributed by atoms with Gasteiger partial charge in [-0.25, -0.2) is 0 Å². The van der Waals surface area contributed by atoms with Gasteiger partial charge in [-0.3, -0.25) is 9.48 Å². The maximum absolute atomic E-state index is 12.0. The Morgan fingerprint density at radius 1 is 1.35 bits per heavy atom. The fourth-order valence-corrected chi connectivity index (χ4v) is 2.22. The van der Waals surface area contributed by atoms with Crippen LogP contribution in [0.1, 0.15) is 23.2 Å². The summed E-state index contributed by atoms with van der Waals surface area (Å²) in [7, 11) is 0. The van der Waals surface area contributed by atoms with E-state index in [2.05, 4.69) is 26.3 Å². The number of nitrogens with one attached hydrogen (secondary N) is 1. The maximum atomic E-state index is 12.0. The average Bonchev–Trinajstić information content (AvgIpc) is 2.71. The summed E-state index contributed by atoms with van der Waals surface area (Å²) in [5.74, 6) is 0.00276. The van der Waals surface area contributed by atoms with Gasteiger partial charge in [-0.15, -0.1) is 0 Å². The smallest absolute Gasteiger partial charge is 0.226 e. The number of benzene rings is 1. The summed E-state index contributed by atoms with van der Waals surface area (Å²) in [5, 5.41) is 7.26. The number of hydrogen-bond acceptors (Lipinski definition) is 2. The highest BCUT2D eigenvalue weighted by Gasteiger charge is 2.07. The summed E-state index contributed by atoms with van der Waals surface area (Å²) in [5.41, 5.74) is 4.02. The lowest BCUT2D eigenvalue weighted by Gasteiger charge is -2.09. The van der Waals surface area contributed by atoms with Crippen LogP contribution < -0.4 is 5.32 Å². The van der Waals surface area contributed by atoms with Crippen LogP contribution in [0.2, 0.25) is 0 Å². The SMILES string of the molecule is Cc1ccc(C)c(NC(=O)CCn2cc(Br)c(C)n2)c1. The van der Waals surface area contributed by atoms with E-state index >= 15 is 0 Å². The van der Waals surface area contributed by atoms with E-state index in [1.165, 1.54) is 0 Å². The molecule has 0 radical (unpaired) electrons. The first-order chi connectivity index (χ1) is 9.45. The lowest BCUT2D eigenvalue weighted by atomic mass is 10.1. The van der Waals surface area contributed by atoms with Crippen molar-refractivity contribution >= 4 is 27.5 Å². The minimum atomic E-state index is 0.00276. The van der Waals surface area contributed by atoms with Crippen molar-refractivity contribution in [3.8, 4) is 0 Å². The Hall–Kier alpha value is -1.62. The Morgan fingerprint density at radius 3 is 2.75 bits per heavy atom. The molecule has 1 aromatic carbocycles. The van der Waals surface area contributed by atoms with E-state index in [1.807, 2.05) is 45.2 Å². The van der Waals surface area contributed by atoms with Crippen molar-refractivity contribution < 1.29 is 4.79 Å². The first kappa shape index (κ1) is 14.8. The van der Waals surface area contributed by atoms with Crippen LogP contribution in [0.5, 0.6) is 0 Å². The van der Waals surface area contributed by atoms with Crippen LogP contribution in [0.3, 0.4) is 0 Å². The first-order valence-corrected chi connectivity index (χ1v) is 7.31. The van der Waals surface area contributed by atoms with Crippen LogP contribution in [0.15, 0.2) is 28.9 Å². The Balaban J connectivity index is 1.94. The summed E-state index contributed by atoms with van der Waals surface area (Å²) in [4.78, 5) is 12.0. The Bertz CT molecular complexity index is 615. The van der Waals surface area contributed by atoms with Crippen molar-refractivity contribution in [2.75, 3.05) is 5.32 Å². The van der Waals surface area contributed by atoms with E-state index in [9.17, 15) is 4.79 Å². The van der Waals surface area contributed by atoms with Gasteiger partial charge in [0, 0.05) is 24.8 Å². The lowest BCUT2D eigenvalue weighted by molar-refractivity contribution is -0.116. The monoisotopic (exact) mass is 335 g/mol. The quantitative estimate of drug-likeness (QED) is 0.927. The zero-order valence-corrected chi connectivity index (χ0v) is 13.5. The molecule has 0 aliphatic rings. The third kappa shape index (κ3) is 3.70. The molecule has 1 N–H and O–H groups in total. The highest BCUT2D eigenvalue weighted by molar-refractivity contribution is 9.10. The van der Waals surface area contributed by atoms with Crippen LogP contribution in [-0.4, -0.2) is 15.7 Å². The molecule has 0 saturated heterocycles. The highest BCUT2D eigenvalue weighted by atomic mass is 79.9. The minimum Gasteiger partial charge on any atom is -0.326 e. The highest BCUT2D eigenvalue weighted by Crippen LogP contribution is 2.17. The van der Waals surface area contributed by atoms with Crippen molar-refractivity contribution in [1.82, 2.24) is 9.78 Å². The molecule has 2 rings (SSSR count). The molecule has 0 aliphatic heterocycles. The predicted octanol–water partition coefficient (Wildman–Crippen LogP) is 3.60. The Kier molecular flexibility index (Phi) is 4.60. The average molecular weight is 336 g/mol. The molecule has 0 aliphatic carbocycles. The van der Waals surface area contributed by atoms with Crippen molar-refractivity contribution in [2.24, 2.45) is 0 Å². The van der Waals surface area contributed by atoms with E-state index in [4.69, 9.17) is 0 Å². The number of aromatic nitrogens is 2. The topological polar surface area (TPSA) is 46.9 Å². The van der Waals surface area contributed by atoms with Crippen LogP contribution in [0, 0.1) is 20.8 Å². The molecule has 1 amide bonds. The fourth-order valence-electron chi connectivity index (χ4n) is 1.91. The number of amides is 1. The number of anilines is 1. The first-order valence-electron chi connectivity index (χ1n) is 6.52. The van der Waals surface area contributed by atoms with Gasteiger partial charge in [-0.1, -0.05) is 12.1 Å². The van der Waals surface area contributed by atoms with E-state index in [-0.39, 0.29) is 5.91 Å². The summed E-state index contributed by atoms with van der Waals surface area (Å²) in [6, 6.07) is 6.04. The summed E-state index contributed by atoms with van der Waals surface area (Å²) < 4.78 is 2.75. The van der Waals surface area contributed by atoms with Crippen LogP contribution in [0.4, 0.5) is 5.69 Å². The third-order valence-corrected chi connectivity index (χ3v) is 3.90. The second-order valence-electron chi connectivity index (χ2n) is 4.94. The van der Waals surface area contributed by atoms with E-state index < -0.39 is 0 Å². The summed E-state index contributed by atoms with van der Waals surface area (Å²) in [6.45, 7) is 6.50. The van der Waals surface area contributed by atoms with Gasteiger partial charge in [0.1, 0.15) is 0 Å². The van der Waals surface area contributed by atoms with E-state index in [1.54, 1.807) is 4.68 Å².